The van der Waals surface area contributed by atoms with Gasteiger partial charge < -0.3 is 9.26 Å². The van der Waals surface area contributed by atoms with Crippen LogP contribution >= 0.6 is 0 Å². The van der Waals surface area contributed by atoms with Crippen LogP contribution in [0, 0.1) is 17.0 Å². The van der Waals surface area contributed by atoms with Crippen molar-refractivity contribution >= 4 is 15.7 Å². The van der Waals surface area contributed by atoms with Crippen LogP contribution in [0.1, 0.15) is 11.5 Å². The third-order valence-electron chi connectivity index (χ3n) is 3.92. The highest BCUT2D eigenvalue weighted by molar-refractivity contribution is 7.89. The number of nitrogens with zero attached hydrogens (tertiary/aromatic N) is 3. The van der Waals surface area contributed by atoms with E-state index in [9.17, 15) is 18.5 Å². The minimum Gasteiger partial charge on any atom is -0.497 e. The van der Waals surface area contributed by atoms with Crippen LogP contribution in [0.5, 0.6) is 5.75 Å². The van der Waals surface area contributed by atoms with Crippen LogP contribution in [0.15, 0.2) is 51.9 Å². The number of nitro groups is 1. The van der Waals surface area contributed by atoms with Crippen molar-refractivity contribution < 1.29 is 22.6 Å². The number of aromatic nitrogens is 2. The summed E-state index contributed by atoms with van der Waals surface area (Å²) in [7, 11) is -2.44. The van der Waals surface area contributed by atoms with Crippen molar-refractivity contribution in [3.63, 3.8) is 0 Å². The maximum absolute atomic E-state index is 12.4. The summed E-state index contributed by atoms with van der Waals surface area (Å²) in [5.41, 5.74) is 0.764. The summed E-state index contributed by atoms with van der Waals surface area (Å²) in [6.07, 6.45) is 0. The molecule has 0 aliphatic carbocycles. The number of ether oxygens (including phenoxy) is 1. The molecular formula is C17H16N4O6S. The van der Waals surface area contributed by atoms with E-state index < -0.39 is 14.9 Å². The molecule has 0 amide bonds. The Kier molecular flexibility index (Phi) is 5.38. The van der Waals surface area contributed by atoms with Gasteiger partial charge in [0.1, 0.15) is 5.75 Å². The second-order valence-electron chi connectivity index (χ2n) is 5.77. The molecule has 0 aliphatic rings. The Morgan fingerprint density at radius 3 is 2.57 bits per heavy atom. The molecule has 2 aromatic carbocycles. The molecule has 3 rings (SSSR count). The summed E-state index contributed by atoms with van der Waals surface area (Å²) in [6.45, 7) is 1.27. The normalized spacial score (nSPS) is 11.4. The fourth-order valence-corrected chi connectivity index (χ4v) is 3.37. The van der Waals surface area contributed by atoms with Gasteiger partial charge in [-0.1, -0.05) is 11.2 Å². The van der Waals surface area contributed by atoms with Crippen molar-refractivity contribution in [1.29, 1.82) is 0 Å². The first-order valence-corrected chi connectivity index (χ1v) is 9.50. The minimum absolute atomic E-state index is 0.0519. The summed E-state index contributed by atoms with van der Waals surface area (Å²) >= 11 is 0. The van der Waals surface area contributed by atoms with Gasteiger partial charge in [0, 0.05) is 17.2 Å². The molecule has 1 aromatic heterocycles. The lowest BCUT2D eigenvalue weighted by Crippen LogP contribution is -2.23. The van der Waals surface area contributed by atoms with Gasteiger partial charge in [-0.05, 0) is 37.3 Å². The highest BCUT2D eigenvalue weighted by Gasteiger charge is 2.20. The van der Waals surface area contributed by atoms with E-state index in [-0.39, 0.29) is 23.0 Å². The quantitative estimate of drug-likeness (QED) is 0.468. The summed E-state index contributed by atoms with van der Waals surface area (Å²) in [4.78, 5) is 14.3. The molecule has 1 N–H and O–H groups in total. The monoisotopic (exact) mass is 404 g/mol. The number of benzene rings is 2. The van der Waals surface area contributed by atoms with Crippen molar-refractivity contribution in [2.24, 2.45) is 0 Å². The molecule has 28 heavy (non-hydrogen) atoms. The number of nitro benzene ring substituents is 1. The lowest BCUT2D eigenvalue weighted by Gasteiger charge is -2.05. The van der Waals surface area contributed by atoms with Gasteiger partial charge in [0.25, 0.3) is 5.69 Å². The van der Waals surface area contributed by atoms with Gasteiger partial charge in [-0.25, -0.2) is 13.1 Å². The van der Waals surface area contributed by atoms with E-state index in [1.54, 1.807) is 31.4 Å². The van der Waals surface area contributed by atoms with Crippen LogP contribution in [0.3, 0.4) is 0 Å². The van der Waals surface area contributed by atoms with E-state index >= 15 is 0 Å². The SMILES string of the molecule is COc1ccc(-c2noc(CNS(=O)(=O)c3ccc(C)c([N+](=O)[O-])c3)n2)cc1. The molecule has 0 saturated carbocycles. The number of hydrogen-bond acceptors (Lipinski definition) is 8. The number of nitrogens with one attached hydrogen (secondary N) is 1. The van der Waals surface area contributed by atoms with Crippen molar-refractivity contribution in [3.8, 4) is 17.1 Å². The van der Waals surface area contributed by atoms with E-state index in [4.69, 9.17) is 9.26 Å². The zero-order chi connectivity index (χ0) is 20.3. The number of rotatable bonds is 7. The van der Waals surface area contributed by atoms with Crippen LogP contribution in [0.25, 0.3) is 11.4 Å². The van der Waals surface area contributed by atoms with Gasteiger partial charge in [-0.3, -0.25) is 10.1 Å². The van der Waals surface area contributed by atoms with Crippen LogP contribution in [-0.2, 0) is 16.6 Å². The standard InChI is InChI=1S/C17H16N4O6S/c1-11-3-8-14(9-15(11)21(22)23)28(24,25)18-10-16-19-17(20-27-16)12-4-6-13(26-2)7-5-12/h3-9,18H,10H2,1-2H3. The zero-order valence-corrected chi connectivity index (χ0v) is 15.8. The number of sulfonamides is 1. The molecule has 0 unspecified atom stereocenters. The number of hydrogen-bond donors (Lipinski definition) is 1. The van der Waals surface area contributed by atoms with Gasteiger partial charge in [0.05, 0.1) is 23.5 Å². The second kappa shape index (κ2) is 7.74. The Bertz CT molecular complexity index is 1110. The molecule has 10 nitrogen and oxygen atoms in total. The Morgan fingerprint density at radius 2 is 1.93 bits per heavy atom. The van der Waals surface area contributed by atoms with E-state index in [0.29, 0.717) is 22.7 Å². The maximum Gasteiger partial charge on any atom is 0.273 e. The van der Waals surface area contributed by atoms with E-state index in [2.05, 4.69) is 14.9 Å². The molecule has 0 radical (unpaired) electrons. The van der Waals surface area contributed by atoms with Gasteiger partial charge in [0.2, 0.25) is 21.7 Å². The largest absolute Gasteiger partial charge is 0.497 e. The fraction of sp³-hybridized carbons (Fsp3) is 0.176. The molecule has 1 heterocycles. The molecule has 146 valence electrons. The summed E-state index contributed by atoms with van der Waals surface area (Å²) < 4.78 is 37.2. The highest BCUT2D eigenvalue weighted by Crippen LogP contribution is 2.23. The third-order valence-corrected chi connectivity index (χ3v) is 5.32. The lowest BCUT2D eigenvalue weighted by atomic mass is 10.2. The Labute approximate surface area is 160 Å². The van der Waals surface area contributed by atoms with Crippen LogP contribution in [0.2, 0.25) is 0 Å². The fourth-order valence-electron chi connectivity index (χ4n) is 2.38. The Morgan fingerprint density at radius 1 is 1.21 bits per heavy atom. The maximum atomic E-state index is 12.4. The first-order valence-electron chi connectivity index (χ1n) is 8.02. The van der Waals surface area contributed by atoms with Crippen LogP contribution in [0.4, 0.5) is 5.69 Å². The molecular weight excluding hydrogens is 388 g/mol. The Hall–Kier alpha value is -3.31. The first-order chi connectivity index (χ1) is 13.3. The van der Waals surface area contributed by atoms with Gasteiger partial charge >= 0.3 is 0 Å². The number of methoxy groups -OCH3 is 1. The van der Waals surface area contributed by atoms with Crippen molar-refractivity contribution in [1.82, 2.24) is 14.9 Å². The molecule has 0 bridgehead atoms. The molecule has 11 heteroatoms. The first kappa shape index (κ1) is 19.5. The van der Waals surface area contributed by atoms with Crippen molar-refractivity contribution in [2.45, 2.75) is 18.4 Å². The molecule has 3 aromatic rings. The summed E-state index contributed by atoms with van der Waals surface area (Å²) in [5.74, 6) is 1.02. The van der Waals surface area contributed by atoms with E-state index in [1.807, 2.05) is 0 Å². The zero-order valence-electron chi connectivity index (χ0n) is 14.9. The highest BCUT2D eigenvalue weighted by atomic mass is 32.2. The number of aryl methyl sites for hydroxylation is 1. The minimum atomic E-state index is -3.99. The molecule has 0 spiro atoms. The topological polar surface area (TPSA) is 137 Å². The summed E-state index contributed by atoms with van der Waals surface area (Å²) in [5, 5.41) is 14.8. The third kappa shape index (κ3) is 4.15. The molecule has 0 saturated heterocycles. The van der Waals surface area contributed by atoms with E-state index in [0.717, 1.165) is 6.07 Å². The summed E-state index contributed by atoms with van der Waals surface area (Å²) in [6, 6.07) is 10.6. The van der Waals surface area contributed by atoms with Gasteiger partial charge in [0.15, 0.2) is 0 Å². The van der Waals surface area contributed by atoms with Gasteiger partial charge in [-0.2, -0.15) is 4.98 Å². The average molecular weight is 404 g/mol. The predicted octanol–water partition coefficient (Wildman–Crippen LogP) is 2.44. The molecule has 0 aliphatic heterocycles. The average Bonchev–Trinajstić information content (AvgIpc) is 3.15. The van der Waals surface area contributed by atoms with E-state index in [1.165, 1.54) is 19.1 Å². The van der Waals surface area contributed by atoms with Crippen LogP contribution in [-0.4, -0.2) is 30.6 Å². The molecule has 0 atom stereocenters. The predicted molar refractivity (Wildman–Crippen MR) is 98.1 cm³/mol. The second-order valence-corrected chi connectivity index (χ2v) is 7.54. The van der Waals surface area contributed by atoms with Crippen molar-refractivity contribution in [2.75, 3.05) is 7.11 Å². The van der Waals surface area contributed by atoms with Crippen molar-refractivity contribution in [3.05, 3.63) is 64.0 Å². The van der Waals surface area contributed by atoms with Gasteiger partial charge in [-0.15, -0.1) is 0 Å². The Balaban J connectivity index is 1.74. The smallest absolute Gasteiger partial charge is 0.273 e. The molecule has 0 fully saturated rings. The van der Waals surface area contributed by atoms with Crippen LogP contribution < -0.4 is 9.46 Å². The lowest BCUT2D eigenvalue weighted by molar-refractivity contribution is -0.385.